The summed E-state index contributed by atoms with van der Waals surface area (Å²) in [6, 6.07) is 21.6. The van der Waals surface area contributed by atoms with E-state index in [0.29, 0.717) is 0 Å². The summed E-state index contributed by atoms with van der Waals surface area (Å²) in [6.45, 7) is 6.38. The van der Waals surface area contributed by atoms with Gasteiger partial charge in [-0.05, 0) is 38.5 Å². The molecule has 3 heteroatoms. The third-order valence-electron chi connectivity index (χ3n) is 4.90. The lowest BCUT2D eigenvalue weighted by molar-refractivity contribution is -0.361. The van der Waals surface area contributed by atoms with Gasteiger partial charge in [0.15, 0.2) is 0 Å². The second kappa shape index (κ2) is 6.68. The number of anilines is 1. The Kier molecular flexibility index (Phi) is 4.21. The van der Waals surface area contributed by atoms with Crippen molar-refractivity contribution in [2.24, 2.45) is 0 Å². The van der Waals surface area contributed by atoms with E-state index >= 15 is 0 Å². The van der Waals surface area contributed by atoms with Crippen LogP contribution < -0.4 is 10.3 Å². The smallest absolute Gasteiger partial charge is 0.273 e. The number of benzene rings is 2. The molecule has 26 heavy (non-hydrogen) atoms. The second-order valence-electron chi connectivity index (χ2n) is 6.98. The minimum absolute atomic E-state index is 0.0600. The van der Waals surface area contributed by atoms with Gasteiger partial charge < -0.3 is 4.98 Å². The summed E-state index contributed by atoms with van der Waals surface area (Å²) in [7, 11) is 0. The van der Waals surface area contributed by atoms with E-state index in [2.05, 4.69) is 96.7 Å². The number of aromatic amines is 2. The highest BCUT2D eigenvalue weighted by atomic mass is 15.0. The Morgan fingerprint density at radius 2 is 1.65 bits per heavy atom. The number of hydrogen-bond acceptors (Lipinski definition) is 1. The molecule has 0 bridgehead atoms. The van der Waals surface area contributed by atoms with E-state index in [1.807, 2.05) is 6.20 Å². The van der Waals surface area contributed by atoms with Crippen LogP contribution in [0.4, 0.5) is 5.82 Å². The average molecular weight is 342 g/mol. The number of para-hydroxylation sites is 1. The van der Waals surface area contributed by atoms with Crippen LogP contribution in [0.25, 0.3) is 10.9 Å². The minimum atomic E-state index is 0.0600. The van der Waals surface area contributed by atoms with E-state index in [1.54, 1.807) is 0 Å². The maximum absolute atomic E-state index is 3.72. The highest BCUT2D eigenvalue weighted by molar-refractivity contribution is 5.86. The number of fused-ring (bicyclic) bond motifs is 1. The standard InChI is InChI=1S/C23H23N3/c1-15-8-10-18(11-9-15)23(26-21-14-16(2)12-13-24-21)22-17(3)25-20-7-5-4-6-19(20)22/h4-14,23,25H,1-3H3,(H,24,26)/p+1/t23-/m1/s1. The van der Waals surface area contributed by atoms with E-state index < -0.39 is 0 Å². The molecular weight excluding hydrogens is 318 g/mol. The summed E-state index contributed by atoms with van der Waals surface area (Å²) < 4.78 is 0. The van der Waals surface area contributed by atoms with E-state index in [9.17, 15) is 0 Å². The maximum atomic E-state index is 3.72. The largest absolute Gasteiger partial charge is 0.358 e. The molecule has 0 radical (unpaired) electrons. The van der Waals surface area contributed by atoms with E-state index in [-0.39, 0.29) is 6.04 Å². The zero-order valence-corrected chi connectivity index (χ0v) is 15.4. The number of aromatic nitrogens is 2. The van der Waals surface area contributed by atoms with Crippen molar-refractivity contribution >= 4 is 16.7 Å². The third-order valence-corrected chi connectivity index (χ3v) is 4.90. The van der Waals surface area contributed by atoms with Gasteiger partial charge in [0.25, 0.3) is 5.82 Å². The predicted octanol–water partition coefficient (Wildman–Crippen LogP) is 5.11. The van der Waals surface area contributed by atoms with Crippen molar-refractivity contribution in [1.29, 1.82) is 0 Å². The molecule has 0 unspecified atom stereocenters. The van der Waals surface area contributed by atoms with Crippen molar-refractivity contribution in [2.45, 2.75) is 26.8 Å². The second-order valence-corrected chi connectivity index (χ2v) is 6.98. The Morgan fingerprint density at radius 3 is 2.42 bits per heavy atom. The third kappa shape index (κ3) is 3.08. The molecule has 0 saturated carbocycles. The van der Waals surface area contributed by atoms with E-state index in [1.165, 1.54) is 38.9 Å². The molecule has 0 saturated heterocycles. The first-order valence-corrected chi connectivity index (χ1v) is 9.00. The lowest BCUT2D eigenvalue weighted by Gasteiger charge is -2.16. The SMILES string of the molecule is Cc1ccc([C@@H](Nc2cc(C)cc[nH+]2)c2c(C)[nH]c3ccccc23)cc1. The van der Waals surface area contributed by atoms with Crippen LogP contribution in [0.3, 0.4) is 0 Å². The molecule has 0 aliphatic carbocycles. The van der Waals surface area contributed by atoms with Crippen molar-refractivity contribution < 1.29 is 4.98 Å². The van der Waals surface area contributed by atoms with Crippen molar-refractivity contribution in [3.8, 4) is 0 Å². The van der Waals surface area contributed by atoms with Crippen LogP contribution in [0.15, 0.2) is 66.9 Å². The van der Waals surface area contributed by atoms with Gasteiger partial charge in [0.05, 0.1) is 6.20 Å². The molecule has 0 spiro atoms. The Bertz CT molecular complexity index is 1040. The molecular formula is C23H24N3+. The first kappa shape index (κ1) is 16.4. The van der Waals surface area contributed by atoms with E-state index in [4.69, 9.17) is 0 Å². The normalized spacial score (nSPS) is 12.3. The lowest BCUT2D eigenvalue weighted by atomic mass is 9.95. The predicted molar refractivity (Wildman–Crippen MR) is 107 cm³/mol. The summed E-state index contributed by atoms with van der Waals surface area (Å²) in [4.78, 5) is 6.86. The molecule has 130 valence electrons. The zero-order valence-electron chi connectivity index (χ0n) is 15.4. The van der Waals surface area contributed by atoms with Gasteiger partial charge in [-0.3, -0.25) is 5.32 Å². The molecule has 3 nitrogen and oxygen atoms in total. The number of rotatable bonds is 4. The van der Waals surface area contributed by atoms with Crippen molar-refractivity contribution in [3.63, 3.8) is 0 Å². The quantitative estimate of drug-likeness (QED) is 0.532. The van der Waals surface area contributed by atoms with Gasteiger partial charge in [0, 0.05) is 33.8 Å². The first-order valence-electron chi connectivity index (χ1n) is 9.00. The Balaban J connectivity index is 1.87. The van der Waals surface area contributed by atoms with Crippen molar-refractivity contribution in [2.75, 3.05) is 5.32 Å². The highest BCUT2D eigenvalue weighted by Gasteiger charge is 2.25. The van der Waals surface area contributed by atoms with Gasteiger partial charge in [-0.15, -0.1) is 0 Å². The summed E-state index contributed by atoms with van der Waals surface area (Å²) in [5.41, 5.74) is 7.40. The first-order chi connectivity index (χ1) is 12.6. The molecule has 0 aliphatic rings. The number of pyridine rings is 1. The Hall–Kier alpha value is -3.07. The van der Waals surface area contributed by atoms with Gasteiger partial charge in [-0.2, -0.15) is 0 Å². The summed E-state index contributed by atoms with van der Waals surface area (Å²) in [5.74, 6) is 1.01. The summed E-state index contributed by atoms with van der Waals surface area (Å²) in [6.07, 6.45) is 1.98. The topological polar surface area (TPSA) is 42.0 Å². The van der Waals surface area contributed by atoms with Gasteiger partial charge in [-0.25, -0.2) is 4.98 Å². The number of aryl methyl sites for hydroxylation is 3. The van der Waals surface area contributed by atoms with Crippen molar-refractivity contribution in [3.05, 3.63) is 94.8 Å². The Morgan fingerprint density at radius 1 is 0.885 bits per heavy atom. The molecule has 2 heterocycles. The number of nitrogens with one attached hydrogen (secondary N) is 3. The monoisotopic (exact) mass is 342 g/mol. The average Bonchev–Trinajstić information content (AvgIpc) is 2.96. The van der Waals surface area contributed by atoms with Gasteiger partial charge in [0.1, 0.15) is 6.04 Å². The molecule has 2 aromatic carbocycles. The fourth-order valence-electron chi connectivity index (χ4n) is 3.57. The van der Waals surface area contributed by atoms with Crippen LogP contribution in [0.2, 0.25) is 0 Å². The van der Waals surface area contributed by atoms with E-state index in [0.717, 1.165) is 5.82 Å². The van der Waals surface area contributed by atoms with Crippen LogP contribution in [-0.2, 0) is 0 Å². The molecule has 0 fully saturated rings. The molecule has 0 aliphatic heterocycles. The highest BCUT2D eigenvalue weighted by Crippen LogP contribution is 2.34. The number of H-pyrrole nitrogens is 2. The van der Waals surface area contributed by atoms with Crippen molar-refractivity contribution in [1.82, 2.24) is 4.98 Å². The molecule has 0 amide bonds. The Labute approximate surface area is 154 Å². The fraction of sp³-hybridized carbons (Fsp3) is 0.174. The van der Waals surface area contributed by atoms with Crippen LogP contribution in [-0.4, -0.2) is 4.98 Å². The van der Waals surface area contributed by atoms with Gasteiger partial charge >= 0.3 is 0 Å². The zero-order chi connectivity index (χ0) is 18.1. The molecule has 1 atom stereocenters. The summed E-state index contributed by atoms with van der Waals surface area (Å²) in [5, 5.41) is 4.98. The van der Waals surface area contributed by atoms with Crippen LogP contribution >= 0.6 is 0 Å². The minimum Gasteiger partial charge on any atom is -0.358 e. The van der Waals surface area contributed by atoms with Crippen LogP contribution in [0.5, 0.6) is 0 Å². The molecule has 4 rings (SSSR count). The van der Waals surface area contributed by atoms with Gasteiger partial charge in [0.2, 0.25) is 0 Å². The molecule has 4 aromatic rings. The molecule has 3 N–H and O–H groups in total. The lowest BCUT2D eigenvalue weighted by Crippen LogP contribution is -2.19. The summed E-state index contributed by atoms with van der Waals surface area (Å²) >= 11 is 0. The fourth-order valence-corrected chi connectivity index (χ4v) is 3.57. The van der Waals surface area contributed by atoms with Gasteiger partial charge in [-0.1, -0.05) is 48.0 Å². The van der Waals surface area contributed by atoms with Crippen LogP contribution in [0, 0.1) is 20.8 Å². The maximum Gasteiger partial charge on any atom is 0.273 e. The molecule has 2 aromatic heterocycles. The number of hydrogen-bond donors (Lipinski definition) is 2. The van der Waals surface area contributed by atoms with Crippen LogP contribution in [0.1, 0.15) is 34.0 Å².